The van der Waals surface area contributed by atoms with Gasteiger partial charge in [-0.05, 0) is 80.4 Å². The van der Waals surface area contributed by atoms with Crippen molar-refractivity contribution in [2.24, 2.45) is 5.92 Å². The highest BCUT2D eigenvalue weighted by Crippen LogP contribution is 2.42. The van der Waals surface area contributed by atoms with Gasteiger partial charge in [0.05, 0.1) is 12.0 Å². The van der Waals surface area contributed by atoms with Crippen LogP contribution >= 0.6 is 0 Å². The van der Waals surface area contributed by atoms with Crippen LogP contribution in [-0.4, -0.2) is 45.8 Å². The number of aliphatic hydroxyl groups is 2. The first kappa shape index (κ1) is 26.1. The molecule has 1 aliphatic rings. The van der Waals surface area contributed by atoms with E-state index in [1.54, 1.807) is 19.1 Å². The summed E-state index contributed by atoms with van der Waals surface area (Å²) in [6.45, 7) is 4.42. The average molecular weight is 488 g/mol. The third-order valence-corrected chi connectivity index (χ3v) is 7.75. The molecule has 3 aromatic rings. The molecule has 1 heterocycles. The molecule has 190 valence electrons. The van der Waals surface area contributed by atoms with Gasteiger partial charge in [-0.3, -0.25) is 4.79 Å². The average Bonchev–Trinajstić information content (AvgIpc) is 2.93. The first-order valence-corrected chi connectivity index (χ1v) is 13.0. The zero-order valence-electron chi connectivity index (χ0n) is 21.0. The maximum absolute atomic E-state index is 12.0. The standard InChI is InChI=1S/C31H37NO4/c1-23(30(34)35)24-14-16-25(17-15-24)29(33)13-8-20-32-21-18-28(19-22-32)31(36,26-9-4-2-5-10-26)27-11-6-3-7-12-27/h2-7,9-12,14-17,23,28-29,33,36H,8,13,18-22H2,1H3,(H,34,35). The van der Waals surface area contributed by atoms with Crippen LogP contribution in [-0.2, 0) is 10.4 Å². The summed E-state index contributed by atoms with van der Waals surface area (Å²) in [4.78, 5) is 13.6. The number of hydrogen-bond acceptors (Lipinski definition) is 4. The van der Waals surface area contributed by atoms with Crippen LogP contribution in [0.15, 0.2) is 84.9 Å². The van der Waals surface area contributed by atoms with Crippen LogP contribution in [0.2, 0.25) is 0 Å². The summed E-state index contributed by atoms with van der Waals surface area (Å²) >= 11 is 0. The number of likely N-dealkylation sites (tertiary alicyclic amines) is 1. The molecule has 4 rings (SSSR count). The molecule has 5 nitrogen and oxygen atoms in total. The third-order valence-electron chi connectivity index (χ3n) is 7.75. The van der Waals surface area contributed by atoms with Crippen molar-refractivity contribution in [1.29, 1.82) is 0 Å². The Balaban J connectivity index is 1.31. The molecule has 2 unspecified atom stereocenters. The summed E-state index contributed by atoms with van der Waals surface area (Å²) < 4.78 is 0. The van der Waals surface area contributed by atoms with E-state index in [9.17, 15) is 15.0 Å². The van der Waals surface area contributed by atoms with Crippen molar-refractivity contribution in [3.05, 3.63) is 107 Å². The molecule has 0 spiro atoms. The van der Waals surface area contributed by atoms with Crippen LogP contribution in [0.3, 0.4) is 0 Å². The monoisotopic (exact) mass is 487 g/mol. The molecule has 5 heteroatoms. The van der Waals surface area contributed by atoms with Crippen LogP contribution in [0, 0.1) is 5.92 Å². The summed E-state index contributed by atoms with van der Waals surface area (Å²) in [5.41, 5.74) is 2.45. The maximum atomic E-state index is 12.0. The SMILES string of the molecule is CC(C(=O)O)c1ccc(C(O)CCCN2CCC(C(O)(c3ccccc3)c3ccccc3)CC2)cc1. The summed E-state index contributed by atoms with van der Waals surface area (Å²) in [5, 5.41) is 31.8. The van der Waals surface area contributed by atoms with Crippen LogP contribution in [0.5, 0.6) is 0 Å². The van der Waals surface area contributed by atoms with Crippen molar-refractivity contribution in [3.63, 3.8) is 0 Å². The summed E-state index contributed by atoms with van der Waals surface area (Å²) in [6.07, 6.45) is 2.79. The van der Waals surface area contributed by atoms with Gasteiger partial charge in [0.25, 0.3) is 0 Å². The molecule has 0 bridgehead atoms. The zero-order chi connectivity index (χ0) is 25.5. The van der Waals surface area contributed by atoms with Gasteiger partial charge in [-0.1, -0.05) is 84.9 Å². The minimum atomic E-state index is -1.00. The van der Waals surface area contributed by atoms with E-state index >= 15 is 0 Å². The number of carboxylic acid groups (broad SMARTS) is 1. The van der Waals surface area contributed by atoms with Crippen molar-refractivity contribution in [1.82, 2.24) is 4.90 Å². The highest BCUT2D eigenvalue weighted by Gasteiger charge is 2.41. The Kier molecular flexibility index (Phi) is 8.57. The normalized spacial score (nSPS) is 17.0. The van der Waals surface area contributed by atoms with Crippen LogP contribution < -0.4 is 0 Å². The van der Waals surface area contributed by atoms with E-state index in [1.807, 2.05) is 72.8 Å². The smallest absolute Gasteiger partial charge is 0.310 e. The number of piperidine rings is 1. The van der Waals surface area contributed by atoms with Gasteiger partial charge in [0, 0.05) is 0 Å². The molecule has 0 radical (unpaired) electrons. The summed E-state index contributed by atoms with van der Waals surface area (Å²) in [6, 6.07) is 27.3. The fourth-order valence-corrected chi connectivity index (χ4v) is 5.42. The molecule has 0 aromatic heterocycles. The Hall–Kier alpha value is -2.99. The molecule has 0 saturated carbocycles. The number of rotatable bonds is 10. The van der Waals surface area contributed by atoms with Gasteiger partial charge in [0.2, 0.25) is 0 Å². The first-order chi connectivity index (χ1) is 17.4. The predicted molar refractivity (Wildman–Crippen MR) is 142 cm³/mol. The van der Waals surface area contributed by atoms with Crippen LogP contribution in [0.25, 0.3) is 0 Å². The van der Waals surface area contributed by atoms with E-state index in [2.05, 4.69) is 4.90 Å². The van der Waals surface area contributed by atoms with Crippen molar-refractivity contribution in [2.45, 2.75) is 50.2 Å². The minimum Gasteiger partial charge on any atom is -0.481 e. The van der Waals surface area contributed by atoms with Gasteiger partial charge in [-0.25, -0.2) is 0 Å². The molecule has 1 saturated heterocycles. The highest BCUT2D eigenvalue weighted by molar-refractivity contribution is 5.75. The minimum absolute atomic E-state index is 0.135. The largest absolute Gasteiger partial charge is 0.481 e. The lowest BCUT2D eigenvalue weighted by molar-refractivity contribution is -0.138. The van der Waals surface area contributed by atoms with Crippen molar-refractivity contribution >= 4 is 5.97 Å². The predicted octanol–water partition coefficient (Wildman–Crippen LogP) is 5.34. The van der Waals surface area contributed by atoms with E-state index in [4.69, 9.17) is 5.11 Å². The summed E-state index contributed by atoms with van der Waals surface area (Å²) in [7, 11) is 0. The Morgan fingerprint density at radius 3 is 1.89 bits per heavy atom. The number of hydrogen-bond donors (Lipinski definition) is 3. The third kappa shape index (κ3) is 5.86. The van der Waals surface area contributed by atoms with Crippen molar-refractivity contribution < 1.29 is 20.1 Å². The van der Waals surface area contributed by atoms with Gasteiger partial charge in [-0.15, -0.1) is 0 Å². The Labute approximate surface area is 214 Å². The van der Waals surface area contributed by atoms with Gasteiger partial charge < -0.3 is 20.2 Å². The number of benzene rings is 3. The highest BCUT2D eigenvalue weighted by atomic mass is 16.4. The Bertz CT molecular complexity index is 1050. The quantitative estimate of drug-likeness (QED) is 0.360. The second kappa shape index (κ2) is 11.8. The lowest BCUT2D eigenvalue weighted by Gasteiger charge is -2.42. The molecule has 3 aromatic carbocycles. The van der Waals surface area contributed by atoms with E-state index in [0.29, 0.717) is 6.42 Å². The molecule has 1 fully saturated rings. The molecule has 2 atom stereocenters. The molecule has 0 amide bonds. The number of carboxylic acids is 1. The van der Waals surface area contributed by atoms with Gasteiger partial charge in [0.15, 0.2) is 0 Å². The first-order valence-electron chi connectivity index (χ1n) is 13.0. The zero-order valence-corrected chi connectivity index (χ0v) is 21.0. The van der Waals surface area contributed by atoms with Crippen LogP contribution in [0.1, 0.15) is 66.9 Å². The molecule has 3 N–H and O–H groups in total. The molecule has 0 aliphatic carbocycles. The van der Waals surface area contributed by atoms with E-state index in [-0.39, 0.29) is 5.92 Å². The van der Waals surface area contributed by atoms with Gasteiger partial charge >= 0.3 is 5.97 Å². The topological polar surface area (TPSA) is 81.0 Å². The van der Waals surface area contributed by atoms with Crippen molar-refractivity contribution in [3.8, 4) is 0 Å². The van der Waals surface area contributed by atoms with Gasteiger partial charge in [0.1, 0.15) is 5.60 Å². The molecular formula is C31H37NO4. The Morgan fingerprint density at radius 2 is 1.39 bits per heavy atom. The van der Waals surface area contributed by atoms with E-state index < -0.39 is 23.6 Å². The summed E-state index contributed by atoms with van der Waals surface area (Å²) in [5.74, 6) is -1.27. The number of nitrogens with zero attached hydrogens (tertiary/aromatic N) is 1. The van der Waals surface area contributed by atoms with Crippen molar-refractivity contribution in [2.75, 3.05) is 19.6 Å². The number of aliphatic hydroxyl groups excluding tert-OH is 1. The second-order valence-corrected chi connectivity index (χ2v) is 10.00. The second-order valence-electron chi connectivity index (χ2n) is 10.00. The Morgan fingerprint density at radius 1 is 0.889 bits per heavy atom. The lowest BCUT2D eigenvalue weighted by atomic mass is 9.72. The fourth-order valence-electron chi connectivity index (χ4n) is 5.42. The van der Waals surface area contributed by atoms with E-state index in [0.717, 1.165) is 61.2 Å². The molecular weight excluding hydrogens is 450 g/mol. The lowest BCUT2D eigenvalue weighted by Crippen LogP contribution is -2.44. The van der Waals surface area contributed by atoms with Crippen LogP contribution in [0.4, 0.5) is 0 Å². The fraction of sp³-hybridized carbons (Fsp3) is 0.387. The van der Waals surface area contributed by atoms with Gasteiger partial charge in [-0.2, -0.15) is 0 Å². The van der Waals surface area contributed by atoms with E-state index in [1.165, 1.54) is 0 Å². The molecule has 36 heavy (non-hydrogen) atoms. The number of aliphatic carboxylic acids is 1. The molecule has 1 aliphatic heterocycles. The number of carbonyl (C=O) groups is 1. The maximum Gasteiger partial charge on any atom is 0.310 e.